The van der Waals surface area contributed by atoms with Crippen molar-refractivity contribution in [1.29, 1.82) is 0 Å². The molecule has 4 heteroatoms. The lowest BCUT2D eigenvalue weighted by Crippen LogP contribution is -2.43. The predicted molar refractivity (Wildman–Crippen MR) is 70.4 cm³/mol. The highest BCUT2D eigenvalue weighted by Crippen LogP contribution is 2.15. The molecule has 4 nitrogen and oxygen atoms in total. The normalized spacial score (nSPS) is 11.8. The minimum Gasteiger partial charge on any atom is -0.481 e. The molecule has 0 radical (unpaired) electrons. The second kappa shape index (κ2) is 5.98. The Balaban J connectivity index is 2.66. The zero-order chi connectivity index (χ0) is 13.8. The fourth-order valence-electron chi connectivity index (χ4n) is 1.55. The molecule has 0 aliphatic heterocycles. The summed E-state index contributed by atoms with van der Waals surface area (Å²) in [5.41, 5.74) is 1.64. The van der Waals surface area contributed by atoms with Crippen LogP contribution in [0.1, 0.15) is 25.0 Å². The second-order valence-electron chi connectivity index (χ2n) is 5.21. The van der Waals surface area contributed by atoms with Gasteiger partial charge in [-0.1, -0.05) is 24.3 Å². The first-order valence-corrected chi connectivity index (χ1v) is 5.97. The number of aliphatic hydroxyl groups excluding tert-OH is 1. The molecule has 1 rings (SSSR count). The summed E-state index contributed by atoms with van der Waals surface area (Å²) in [5, 5.41) is 18.0. The monoisotopic (exact) mass is 251 g/mol. The fourth-order valence-corrected chi connectivity index (χ4v) is 1.55. The van der Waals surface area contributed by atoms with Crippen LogP contribution in [0.5, 0.6) is 0 Å². The highest BCUT2D eigenvalue weighted by Gasteiger charge is 2.22. The van der Waals surface area contributed by atoms with Crippen LogP contribution in [0.15, 0.2) is 24.3 Å². The molecule has 0 bridgehead atoms. The molecule has 2 N–H and O–H groups in total. The zero-order valence-electron chi connectivity index (χ0n) is 11.2. The lowest BCUT2D eigenvalue weighted by molar-refractivity contribution is -0.136. The first-order chi connectivity index (χ1) is 8.35. The number of carboxylic acids is 1. The number of hydrogen-bond acceptors (Lipinski definition) is 3. The van der Waals surface area contributed by atoms with E-state index in [1.165, 1.54) is 0 Å². The van der Waals surface area contributed by atoms with Crippen molar-refractivity contribution in [3.05, 3.63) is 35.4 Å². The third kappa shape index (κ3) is 4.13. The van der Waals surface area contributed by atoms with Crippen LogP contribution in [-0.2, 0) is 17.8 Å². The maximum Gasteiger partial charge on any atom is 0.307 e. The minimum absolute atomic E-state index is 0.0538. The molecule has 0 amide bonds. The average molecular weight is 251 g/mol. The van der Waals surface area contributed by atoms with E-state index in [2.05, 4.69) is 4.90 Å². The van der Waals surface area contributed by atoms with Crippen LogP contribution < -0.4 is 0 Å². The van der Waals surface area contributed by atoms with Gasteiger partial charge >= 0.3 is 5.97 Å². The van der Waals surface area contributed by atoms with Crippen molar-refractivity contribution in [2.45, 2.75) is 32.4 Å². The Bertz CT molecular complexity index is 398. The Morgan fingerprint density at radius 3 is 2.17 bits per heavy atom. The Morgan fingerprint density at radius 2 is 1.72 bits per heavy atom. The van der Waals surface area contributed by atoms with E-state index in [0.29, 0.717) is 0 Å². The molecule has 0 unspecified atom stereocenters. The molecule has 0 saturated carbocycles. The molecule has 100 valence electrons. The van der Waals surface area contributed by atoms with Gasteiger partial charge < -0.3 is 10.2 Å². The molecule has 0 saturated heterocycles. The van der Waals surface area contributed by atoms with Crippen LogP contribution in [0.3, 0.4) is 0 Å². The molecular formula is C14H21NO3. The Hall–Kier alpha value is -1.39. The molecule has 0 fully saturated rings. The molecule has 1 aromatic rings. The average Bonchev–Trinajstić information content (AvgIpc) is 2.31. The number of benzene rings is 1. The number of nitrogens with zero attached hydrogens (tertiary/aromatic N) is 1. The highest BCUT2D eigenvalue weighted by atomic mass is 16.4. The number of rotatable bonds is 6. The van der Waals surface area contributed by atoms with E-state index in [-0.39, 0.29) is 18.6 Å². The molecule has 0 spiro atoms. The summed E-state index contributed by atoms with van der Waals surface area (Å²) in [6.07, 6.45) is 0.0538. The summed E-state index contributed by atoms with van der Waals surface area (Å²) < 4.78 is 0. The first-order valence-electron chi connectivity index (χ1n) is 5.97. The Morgan fingerprint density at radius 1 is 1.22 bits per heavy atom. The van der Waals surface area contributed by atoms with Gasteiger partial charge in [-0.25, -0.2) is 0 Å². The van der Waals surface area contributed by atoms with Crippen LogP contribution in [0.4, 0.5) is 0 Å². The predicted octanol–water partition coefficient (Wildman–Crippen LogP) is 1.52. The number of aliphatic hydroxyl groups is 1. The lowest BCUT2D eigenvalue weighted by Gasteiger charge is -2.33. The summed E-state index contributed by atoms with van der Waals surface area (Å²) in [7, 11) is 1.96. The third-order valence-corrected chi connectivity index (χ3v) is 3.22. The van der Waals surface area contributed by atoms with Crippen molar-refractivity contribution < 1.29 is 15.0 Å². The Kier molecular flexibility index (Phi) is 4.87. The van der Waals surface area contributed by atoms with Gasteiger partial charge in [-0.3, -0.25) is 9.69 Å². The van der Waals surface area contributed by atoms with Gasteiger partial charge in [0.05, 0.1) is 13.0 Å². The molecular weight excluding hydrogens is 230 g/mol. The molecule has 0 heterocycles. The maximum atomic E-state index is 10.6. The number of hydrogen-bond donors (Lipinski definition) is 2. The van der Waals surface area contributed by atoms with Crippen molar-refractivity contribution in [1.82, 2.24) is 4.90 Å². The minimum atomic E-state index is -0.818. The van der Waals surface area contributed by atoms with Crippen LogP contribution in [0.2, 0.25) is 0 Å². The van der Waals surface area contributed by atoms with Crippen LogP contribution >= 0.6 is 0 Å². The third-order valence-electron chi connectivity index (χ3n) is 3.22. The first kappa shape index (κ1) is 14.7. The number of carbonyl (C=O) groups is 1. The molecule has 1 aromatic carbocycles. The number of carboxylic acid groups (broad SMARTS) is 1. The fraction of sp³-hybridized carbons (Fsp3) is 0.500. The van der Waals surface area contributed by atoms with Gasteiger partial charge in [-0.15, -0.1) is 0 Å². The summed E-state index contributed by atoms with van der Waals surface area (Å²) in [4.78, 5) is 12.6. The van der Waals surface area contributed by atoms with E-state index in [9.17, 15) is 9.90 Å². The number of aliphatic carboxylic acids is 1. The summed E-state index contributed by atoms with van der Waals surface area (Å²) in [5.74, 6) is -0.818. The summed E-state index contributed by atoms with van der Waals surface area (Å²) in [6.45, 7) is 4.78. The summed E-state index contributed by atoms with van der Waals surface area (Å²) in [6, 6.07) is 7.54. The van der Waals surface area contributed by atoms with Gasteiger partial charge in [0.1, 0.15) is 0 Å². The van der Waals surface area contributed by atoms with Crippen molar-refractivity contribution in [2.24, 2.45) is 0 Å². The van der Waals surface area contributed by atoms with Gasteiger partial charge in [0, 0.05) is 12.1 Å². The second-order valence-corrected chi connectivity index (χ2v) is 5.21. The molecule has 0 aromatic heterocycles. The van der Waals surface area contributed by atoms with Gasteiger partial charge in [0.15, 0.2) is 0 Å². The van der Waals surface area contributed by atoms with E-state index >= 15 is 0 Å². The van der Waals surface area contributed by atoms with Crippen LogP contribution in [-0.4, -0.2) is 40.3 Å². The van der Waals surface area contributed by atoms with Crippen LogP contribution in [0, 0.1) is 0 Å². The lowest BCUT2D eigenvalue weighted by atomic mass is 10.0. The van der Waals surface area contributed by atoms with Crippen LogP contribution in [0.25, 0.3) is 0 Å². The van der Waals surface area contributed by atoms with Gasteiger partial charge in [0.2, 0.25) is 0 Å². The zero-order valence-corrected chi connectivity index (χ0v) is 11.2. The van der Waals surface area contributed by atoms with E-state index in [1.807, 2.05) is 45.2 Å². The van der Waals surface area contributed by atoms with Crippen molar-refractivity contribution >= 4 is 5.97 Å². The topological polar surface area (TPSA) is 60.8 Å². The molecule has 0 aliphatic carbocycles. The van der Waals surface area contributed by atoms with Crippen molar-refractivity contribution in [2.75, 3.05) is 13.7 Å². The van der Waals surface area contributed by atoms with Crippen molar-refractivity contribution in [3.63, 3.8) is 0 Å². The standard InChI is InChI=1S/C14H21NO3/c1-14(2,10-16)15(3)9-12-6-4-11(5-7-12)8-13(17)18/h4-7,16H,8-10H2,1-3H3,(H,17,18). The molecule has 0 aliphatic rings. The summed E-state index contributed by atoms with van der Waals surface area (Å²) >= 11 is 0. The molecule has 0 atom stereocenters. The SMILES string of the molecule is CN(Cc1ccc(CC(=O)O)cc1)C(C)(C)CO. The van der Waals surface area contributed by atoms with Gasteiger partial charge in [-0.05, 0) is 32.0 Å². The van der Waals surface area contributed by atoms with Crippen molar-refractivity contribution in [3.8, 4) is 0 Å². The highest BCUT2D eigenvalue weighted by molar-refractivity contribution is 5.70. The van der Waals surface area contributed by atoms with E-state index in [4.69, 9.17) is 5.11 Å². The number of likely N-dealkylation sites (N-methyl/N-ethyl adjacent to an activating group) is 1. The quantitative estimate of drug-likeness (QED) is 0.804. The molecule has 18 heavy (non-hydrogen) atoms. The van der Waals surface area contributed by atoms with E-state index in [0.717, 1.165) is 17.7 Å². The maximum absolute atomic E-state index is 10.6. The smallest absolute Gasteiger partial charge is 0.307 e. The Labute approximate surface area is 108 Å². The van der Waals surface area contributed by atoms with Gasteiger partial charge in [-0.2, -0.15) is 0 Å². The largest absolute Gasteiger partial charge is 0.481 e. The van der Waals surface area contributed by atoms with E-state index < -0.39 is 5.97 Å². The van der Waals surface area contributed by atoms with E-state index in [1.54, 1.807) is 0 Å². The van der Waals surface area contributed by atoms with Gasteiger partial charge in [0.25, 0.3) is 0 Å².